The quantitative estimate of drug-likeness (QED) is 0.690. The Kier molecular flexibility index (Phi) is 4.33. The van der Waals surface area contributed by atoms with E-state index >= 15 is 0 Å². The number of aryl methyl sites for hydroxylation is 1. The highest BCUT2D eigenvalue weighted by atomic mass is 16.4. The molecule has 0 spiro atoms. The third-order valence-electron chi connectivity index (χ3n) is 2.41. The minimum absolute atomic E-state index is 0.0262. The van der Waals surface area contributed by atoms with Crippen molar-refractivity contribution in [3.63, 3.8) is 0 Å². The number of aliphatic carboxylic acids is 1. The number of carbonyl (C=O) groups is 2. The molecule has 1 atom stereocenters. The van der Waals surface area contributed by atoms with Crippen molar-refractivity contribution in [2.45, 2.75) is 19.4 Å². The number of rotatable bonds is 4. The van der Waals surface area contributed by atoms with Crippen LogP contribution in [0.1, 0.15) is 22.3 Å². The maximum Gasteiger partial charge on any atom is 0.327 e. The molecule has 1 rings (SSSR count). The molecular weight excluding hydrogens is 234 g/mol. The molecule has 0 aliphatic heterocycles. The van der Waals surface area contributed by atoms with Crippen molar-refractivity contribution in [1.29, 1.82) is 0 Å². The van der Waals surface area contributed by atoms with Crippen molar-refractivity contribution in [1.82, 2.24) is 5.32 Å². The van der Waals surface area contributed by atoms with E-state index in [0.29, 0.717) is 5.56 Å². The first kappa shape index (κ1) is 13.6. The molecule has 5 heteroatoms. The lowest BCUT2D eigenvalue weighted by Gasteiger charge is -2.13. The second-order valence-electron chi connectivity index (χ2n) is 3.74. The number of hydrogen-bond acceptors (Lipinski definition) is 3. The number of benzene rings is 1. The molecule has 94 valence electrons. The number of para-hydroxylation sites is 1. The first-order chi connectivity index (χ1) is 8.47. The van der Waals surface area contributed by atoms with Gasteiger partial charge in [-0.1, -0.05) is 12.1 Å². The Balaban J connectivity index is 2.91. The Bertz CT molecular complexity index is 516. The molecule has 1 aromatic carbocycles. The maximum absolute atomic E-state index is 11.8. The monoisotopic (exact) mass is 247 g/mol. The highest BCUT2D eigenvalue weighted by Gasteiger charge is 2.21. The van der Waals surface area contributed by atoms with Crippen LogP contribution in [-0.2, 0) is 4.79 Å². The molecule has 5 nitrogen and oxygen atoms in total. The highest BCUT2D eigenvalue weighted by Crippen LogP contribution is 2.21. The lowest BCUT2D eigenvalue weighted by atomic mass is 10.1. The SMILES string of the molecule is C#CCC(NC(=O)c1cccc(C)c1O)C(=O)O. The summed E-state index contributed by atoms with van der Waals surface area (Å²) < 4.78 is 0. The topological polar surface area (TPSA) is 86.6 Å². The van der Waals surface area contributed by atoms with Crippen LogP contribution in [0, 0.1) is 19.3 Å². The molecule has 0 heterocycles. The van der Waals surface area contributed by atoms with E-state index in [1.165, 1.54) is 6.07 Å². The first-order valence-electron chi connectivity index (χ1n) is 5.23. The van der Waals surface area contributed by atoms with E-state index < -0.39 is 17.9 Å². The number of amides is 1. The van der Waals surface area contributed by atoms with Crippen molar-refractivity contribution in [3.05, 3.63) is 29.3 Å². The van der Waals surface area contributed by atoms with Gasteiger partial charge in [-0.25, -0.2) is 4.79 Å². The predicted molar refractivity (Wildman–Crippen MR) is 65.2 cm³/mol. The second kappa shape index (κ2) is 5.73. The average molecular weight is 247 g/mol. The van der Waals surface area contributed by atoms with Crippen LogP contribution in [0.15, 0.2) is 18.2 Å². The van der Waals surface area contributed by atoms with Gasteiger partial charge in [0.25, 0.3) is 5.91 Å². The first-order valence-corrected chi connectivity index (χ1v) is 5.23. The van der Waals surface area contributed by atoms with E-state index in [-0.39, 0.29) is 17.7 Å². The Hall–Kier alpha value is -2.48. The summed E-state index contributed by atoms with van der Waals surface area (Å²) >= 11 is 0. The Morgan fingerprint density at radius 2 is 2.17 bits per heavy atom. The van der Waals surface area contributed by atoms with E-state index in [9.17, 15) is 14.7 Å². The number of phenols is 1. The van der Waals surface area contributed by atoms with E-state index in [2.05, 4.69) is 11.2 Å². The number of aromatic hydroxyl groups is 1. The van der Waals surface area contributed by atoms with Crippen molar-refractivity contribution in [3.8, 4) is 18.1 Å². The highest BCUT2D eigenvalue weighted by molar-refractivity contribution is 5.99. The zero-order valence-electron chi connectivity index (χ0n) is 9.80. The number of nitrogens with one attached hydrogen (secondary N) is 1. The predicted octanol–water partition coefficient (Wildman–Crippen LogP) is 0.907. The lowest BCUT2D eigenvalue weighted by Crippen LogP contribution is -2.40. The van der Waals surface area contributed by atoms with Gasteiger partial charge in [-0.05, 0) is 18.6 Å². The van der Waals surface area contributed by atoms with Crippen molar-refractivity contribution in [2.24, 2.45) is 0 Å². The van der Waals surface area contributed by atoms with Gasteiger partial charge in [0.05, 0.1) is 5.56 Å². The zero-order valence-corrected chi connectivity index (χ0v) is 9.80. The van der Waals surface area contributed by atoms with Gasteiger partial charge < -0.3 is 15.5 Å². The van der Waals surface area contributed by atoms with Crippen LogP contribution in [0.3, 0.4) is 0 Å². The number of carboxylic acids is 1. The summed E-state index contributed by atoms with van der Waals surface area (Å²) in [5.41, 5.74) is 0.560. The molecule has 18 heavy (non-hydrogen) atoms. The fraction of sp³-hybridized carbons (Fsp3) is 0.231. The van der Waals surface area contributed by atoms with Gasteiger partial charge in [-0.15, -0.1) is 12.3 Å². The fourth-order valence-electron chi connectivity index (χ4n) is 1.40. The second-order valence-corrected chi connectivity index (χ2v) is 3.74. The van der Waals surface area contributed by atoms with Crippen LogP contribution >= 0.6 is 0 Å². The summed E-state index contributed by atoms with van der Waals surface area (Å²) in [5, 5.41) is 20.8. The smallest absolute Gasteiger partial charge is 0.327 e. The molecule has 0 saturated heterocycles. The van der Waals surface area contributed by atoms with E-state index in [4.69, 9.17) is 11.5 Å². The molecule has 0 fully saturated rings. The van der Waals surface area contributed by atoms with E-state index in [0.717, 1.165) is 0 Å². The number of terminal acetylenes is 1. The summed E-state index contributed by atoms with van der Waals surface area (Å²) in [6.45, 7) is 1.64. The van der Waals surface area contributed by atoms with Gasteiger partial charge >= 0.3 is 5.97 Å². The summed E-state index contributed by atoms with van der Waals surface area (Å²) in [7, 11) is 0. The van der Waals surface area contributed by atoms with Gasteiger partial charge in [0.2, 0.25) is 0 Å². The van der Waals surface area contributed by atoms with Gasteiger partial charge in [-0.2, -0.15) is 0 Å². The minimum Gasteiger partial charge on any atom is -0.507 e. The molecule has 3 N–H and O–H groups in total. The van der Waals surface area contributed by atoms with Gasteiger partial charge in [0.15, 0.2) is 0 Å². The van der Waals surface area contributed by atoms with Crippen molar-refractivity contribution in [2.75, 3.05) is 0 Å². The van der Waals surface area contributed by atoms with Gasteiger partial charge in [0.1, 0.15) is 11.8 Å². The normalized spacial score (nSPS) is 11.3. The summed E-state index contributed by atoms with van der Waals surface area (Å²) in [6.07, 6.45) is 4.90. The summed E-state index contributed by atoms with van der Waals surface area (Å²) in [5.74, 6) is 0.125. The minimum atomic E-state index is -1.21. The molecule has 0 aliphatic carbocycles. The maximum atomic E-state index is 11.8. The Morgan fingerprint density at radius 3 is 2.72 bits per heavy atom. The van der Waals surface area contributed by atoms with Gasteiger partial charge in [-0.3, -0.25) is 4.79 Å². The number of carbonyl (C=O) groups excluding carboxylic acids is 1. The number of carboxylic acid groups (broad SMARTS) is 1. The third-order valence-corrected chi connectivity index (χ3v) is 2.41. The number of phenolic OH excluding ortho intramolecular Hbond substituents is 1. The molecule has 0 bridgehead atoms. The van der Waals surface area contributed by atoms with Crippen LogP contribution in [0.2, 0.25) is 0 Å². The van der Waals surface area contributed by atoms with E-state index in [1.807, 2.05) is 0 Å². The largest absolute Gasteiger partial charge is 0.507 e. The zero-order chi connectivity index (χ0) is 13.7. The Labute approximate surface area is 104 Å². The van der Waals surface area contributed by atoms with Crippen LogP contribution in [-0.4, -0.2) is 28.1 Å². The molecule has 1 amide bonds. The molecule has 0 saturated carbocycles. The fourth-order valence-corrected chi connectivity index (χ4v) is 1.40. The standard InChI is InChI=1S/C13H13NO4/c1-3-5-10(13(17)18)14-12(16)9-7-4-6-8(2)11(9)15/h1,4,6-7,10,15H,5H2,2H3,(H,14,16)(H,17,18). The van der Waals surface area contributed by atoms with E-state index in [1.54, 1.807) is 19.1 Å². The molecule has 0 aliphatic rings. The van der Waals surface area contributed by atoms with Crippen LogP contribution in [0.25, 0.3) is 0 Å². The number of hydrogen-bond donors (Lipinski definition) is 3. The van der Waals surface area contributed by atoms with Crippen LogP contribution in [0.4, 0.5) is 0 Å². The van der Waals surface area contributed by atoms with Crippen LogP contribution < -0.4 is 5.32 Å². The average Bonchev–Trinajstić information content (AvgIpc) is 2.31. The molecule has 1 aromatic rings. The van der Waals surface area contributed by atoms with Crippen molar-refractivity contribution >= 4 is 11.9 Å². The van der Waals surface area contributed by atoms with Gasteiger partial charge in [0, 0.05) is 6.42 Å². The molecule has 1 unspecified atom stereocenters. The summed E-state index contributed by atoms with van der Waals surface area (Å²) in [6, 6.07) is 3.48. The third kappa shape index (κ3) is 3.01. The summed E-state index contributed by atoms with van der Waals surface area (Å²) in [4.78, 5) is 22.6. The van der Waals surface area contributed by atoms with Crippen LogP contribution in [0.5, 0.6) is 5.75 Å². The molecule has 0 aromatic heterocycles. The molecular formula is C13H13NO4. The lowest BCUT2D eigenvalue weighted by molar-refractivity contribution is -0.139. The van der Waals surface area contributed by atoms with Crippen molar-refractivity contribution < 1.29 is 19.8 Å². The Morgan fingerprint density at radius 1 is 1.50 bits per heavy atom. The molecule has 0 radical (unpaired) electrons.